The Kier molecular flexibility index (Phi) is 7.11. The number of carbonyl (C=O) groups is 2. The molecule has 4 rings (SSSR count). The molecule has 1 N–H and O–H groups in total. The van der Waals surface area contributed by atoms with Crippen LogP contribution in [0.2, 0.25) is 0 Å². The van der Waals surface area contributed by atoms with Crippen molar-refractivity contribution >= 4 is 23.1 Å². The van der Waals surface area contributed by atoms with Crippen LogP contribution in [0.4, 0.5) is 5.69 Å². The molecule has 0 radical (unpaired) electrons. The quantitative estimate of drug-likeness (QED) is 0.624. The minimum atomic E-state index is -0.302. The van der Waals surface area contributed by atoms with Crippen molar-refractivity contribution in [3.05, 3.63) is 64.9 Å². The molecule has 7 nitrogen and oxygen atoms in total. The number of morpholine rings is 1. The first-order valence-corrected chi connectivity index (χ1v) is 11.5. The molecule has 33 heavy (non-hydrogen) atoms. The monoisotopic (exact) mass is 449 g/mol. The molecule has 0 unspecified atom stereocenters. The zero-order chi connectivity index (χ0) is 23.4. The standard InChI is InChI=1S/C26H31N3O4/c1-4-33-22-7-5-6-21(17-22)27-24-23(20-9-8-18(2)19(3)16-20)25(30)29(26(24)31)11-10-28-12-14-32-15-13-28/h5-9,16-17,27H,4,10-15H2,1-3H3. The minimum Gasteiger partial charge on any atom is -0.494 e. The molecule has 0 bridgehead atoms. The molecule has 2 amide bonds. The first-order chi connectivity index (χ1) is 16.0. The summed E-state index contributed by atoms with van der Waals surface area (Å²) in [5.41, 5.74) is 4.37. The maximum atomic E-state index is 13.5. The van der Waals surface area contributed by atoms with Crippen molar-refractivity contribution in [2.24, 2.45) is 0 Å². The van der Waals surface area contributed by atoms with Gasteiger partial charge in [0.15, 0.2) is 0 Å². The summed E-state index contributed by atoms with van der Waals surface area (Å²) in [5.74, 6) is 0.139. The van der Waals surface area contributed by atoms with E-state index in [4.69, 9.17) is 9.47 Å². The zero-order valence-electron chi connectivity index (χ0n) is 19.5. The Bertz CT molecular complexity index is 1070. The van der Waals surface area contributed by atoms with Crippen molar-refractivity contribution in [3.63, 3.8) is 0 Å². The summed E-state index contributed by atoms with van der Waals surface area (Å²) in [7, 11) is 0. The first-order valence-electron chi connectivity index (χ1n) is 11.5. The van der Waals surface area contributed by atoms with Crippen molar-refractivity contribution in [1.29, 1.82) is 0 Å². The second kappa shape index (κ2) is 10.2. The van der Waals surface area contributed by atoms with Gasteiger partial charge < -0.3 is 14.8 Å². The summed E-state index contributed by atoms with van der Waals surface area (Å²) < 4.78 is 11.0. The molecule has 0 aromatic heterocycles. The van der Waals surface area contributed by atoms with Crippen molar-refractivity contribution in [2.75, 3.05) is 51.3 Å². The molecule has 0 spiro atoms. The molecule has 2 aromatic rings. The van der Waals surface area contributed by atoms with Gasteiger partial charge in [-0.1, -0.05) is 24.3 Å². The van der Waals surface area contributed by atoms with Crippen LogP contribution in [0.15, 0.2) is 48.2 Å². The van der Waals surface area contributed by atoms with E-state index < -0.39 is 0 Å². The lowest BCUT2D eigenvalue weighted by atomic mass is 9.99. The van der Waals surface area contributed by atoms with Gasteiger partial charge in [0.1, 0.15) is 11.4 Å². The van der Waals surface area contributed by atoms with E-state index in [0.717, 1.165) is 29.8 Å². The Balaban J connectivity index is 1.64. The van der Waals surface area contributed by atoms with Gasteiger partial charge in [0.05, 0.1) is 25.4 Å². The van der Waals surface area contributed by atoms with Gasteiger partial charge in [0.25, 0.3) is 11.8 Å². The number of anilines is 1. The molecule has 0 aliphatic carbocycles. The summed E-state index contributed by atoms with van der Waals surface area (Å²) in [4.78, 5) is 30.5. The highest BCUT2D eigenvalue weighted by Gasteiger charge is 2.39. The van der Waals surface area contributed by atoms with Crippen LogP contribution in [0, 0.1) is 13.8 Å². The van der Waals surface area contributed by atoms with E-state index in [-0.39, 0.29) is 11.8 Å². The van der Waals surface area contributed by atoms with E-state index in [1.54, 1.807) is 0 Å². The highest BCUT2D eigenvalue weighted by atomic mass is 16.5. The van der Waals surface area contributed by atoms with Gasteiger partial charge in [-0.15, -0.1) is 0 Å². The predicted octanol–water partition coefficient (Wildman–Crippen LogP) is 3.23. The van der Waals surface area contributed by atoms with Crippen molar-refractivity contribution in [2.45, 2.75) is 20.8 Å². The van der Waals surface area contributed by atoms with E-state index in [1.165, 1.54) is 4.90 Å². The van der Waals surface area contributed by atoms with Gasteiger partial charge in [0, 0.05) is 37.9 Å². The molecule has 2 heterocycles. The van der Waals surface area contributed by atoms with Crippen LogP contribution in [0.25, 0.3) is 5.57 Å². The second-order valence-electron chi connectivity index (χ2n) is 8.35. The molecule has 1 fully saturated rings. The predicted molar refractivity (Wildman–Crippen MR) is 128 cm³/mol. The molecule has 2 aromatic carbocycles. The molecule has 174 valence electrons. The van der Waals surface area contributed by atoms with E-state index in [2.05, 4.69) is 10.2 Å². The van der Waals surface area contributed by atoms with E-state index in [9.17, 15) is 9.59 Å². The third-order valence-electron chi connectivity index (χ3n) is 6.12. The second-order valence-corrected chi connectivity index (χ2v) is 8.35. The number of benzene rings is 2. The van der Waals surface area contributed by atoms with E-state index in [1.807, 2.05) is 63.2 Å². The highest BCUT2D eigenvalue weighted by molar-refractivity contribution is 6.36. The number of imide groups is 1. The number of hydrogen-bond acceptors (Lipinski definition) is 6. The van der Waals surface area contributed by atoms with Crippen LogP contribution in [-0.2, 0) is 14.3 Å². The largest absolute Gasteiger partial charge is 0.494 e. The topological polar surface area (TPSA) is 71.1 Å². The smallest absolute Gasteiger partial charge is 0.278 e. The first kappa shape index (κ1) is 23.0. The molecule has 2 aliphatic rings. The Morgan fingerprint density at radius 3 is 2.48 bits per heavy atom. The molecule has 0 atom stereocenters. The Morgan fingerprint density at radius 2 is 1.76 bits per heavy atom. The minimum absolute atomic E-state index is 0.264. The normalized spacial score (nSPS) is 17.1. The number of ether oxygens (including phenoxy) is 2. The van der Waals surface area contributed by atoms with Gasteiger partial charge in [-0.3, -0.25) is 19.4 Å². The summed E-state index contributed by atoms with van der Waals surface area (Å²) >= 11 is 0. The lowest BCUT2D eigenvalue weighted by Crippen LogP contribution is -2.43. The van der Waals surface area contributed by atoms with Crippen molar-refractivity contribution in [1.82, 2.24) is 9.80 Å². The Hall–Kier alpha value is -3.16. The molecule has 2 aliphatic heterocycles. The van der Waals surface area contributed by atoms with Gasteiger partial charge in [0.2, 0.25) is 0 Å². The fourth-order valence-electron chi connectivity index (χ4n) is 4.10. The summed E-state index contributed by atoms with van der Waals surface area (Å²) in [6.07, 6.45) is 0. The summed E-state index contributed by atoms with van der Waals surface area (Å²) in [5, 5.41) is 3.22. The van der Waals surface area contributed by atoms with Crippen molar-refractivity contribution in [3.8, 4) is 5.75 Å². The van der Waals surface area contributed by atoms with Crippen LogP contribution in [-0.4, -0.2) is 67.6 Å². The van der Waals surface area contributed by atoms with Crippen molar-refractivity contribution < 1.29 is 19.1 Å². The highest BCUT2D eigenvalue weighted by Crippen LogP contribution is 2.32. The molecule has 0 saturated carbocycles. The SMILES string of the molecule is CCOc1cccc(NC2=C(c3ccc(C)c(C)c3)C(=O)N(CCN3CCOCC3)C2=O)c1. The van der Waals surface area contributed by atoms with Gasteiger partial charge in [-0.05, 0) is 49.6 Å². The molecule has 7 heteroatoms. The summed E-state index contributed by atoms with van der Waals surface area (Å²) in [6, 6.07) is 13.3. The number of amides is 2. The van der Waals surface area contributed by atoms with Gasteiger partial charge in [-0.2, -0.15) is 0 Å². The Labute approximate surface area is 195 Å². The third kappa shape index (κ3) is 5.10. The lowest BCUT2D eigenvalue weighted by Gasteiger charge is -2.28. The van der Waals surface area contributed by atoms with Crippen LogP contribution >= 0.6 is 0 Å². The number of carbonyl (C=O) groups excluding carboxylic acids is 2. The van der Waals surface area contributed by atoms with Gasteiger partial charge in [-0.25, -0.2) is 0 Å². The number of nitrogens with zero attached hydrogens (tertiary/aromatic N) is 2. The number of rotatable bonds is 8. The zero-order valence-corrected chi connectivity index (χ0v) is 19.5. The van der Waals surface area contributed by atoms with Crippen LogP contribution in [0.5, 0.6) is 5.75 Å². The number of hydrogen-bond donors (Lipinski definition) is 1. The Morgan fingerprint density at radius 1 is 0.970 bits per heavy atom. The number of nitrogens with one attached hydrogen (secondary N) is 1. The van der Waals surface area contributed by atoms with E-state index >= 15 is 0 Å². The fourth-order valence-corrected chi connectivity index (χ4v) is 4.10. The van der Waals surface area contributed by atoms with Gasteiger partial charge >= 0.3 is 0 Å². The molecular weight excluding hydrogens is 418 g/mol. The molecular formula is C26H31N3O4. The van der Waals surface area contributed by atoms with Crippen LogP contribution in [0.1, 0.15) is 23.6 Å². The maximum Gasteiger partial charge on any atom is 0.278 e. The third-order valence-corrected chi connectivity index (χ3v) is 6.12. The number of aryl methyl sites for hydroxylation is 2. The van der Waals surface area contributed by atoms with E-state index in [0.29, 0.717) is 55.6 Å². The van der Waals surface area contributed by atoms with Crippen LogP contribution in [0.3, 0.4) is 0 Å². The lowest BCUT2D eigenvalue weighted by molar-refractivity contribution is -0.137. The van der Waals surface area contributed by atoms with Crippen LogP contribution < -0.4 is 10.1 Å². The molecule has 1 saturated heterocycles. The average Bonchev–Trinajstić information content (AvgIpc) is 3.04. The average molecular weight is 450 g/mol. The maximum absolute atomic E-state index is 13.5. The summed E-state index contributed by atoms with van der Waals surface area (Å²) in [6.45, 7) is 10.5. The fraction of sp³-hybridized carbons (Fsp3) is 0.385.